The summed E-state index contributed by atoms with van der Waals surface area (Å²) in [5, 5.41) is 41.8. The molecule has 242 valence electrons. The van der Waals surface area contributed by atoms with E-state index in [0.29, 0.717) is 5.56 Å². The highest BCUT2D eigenvalue weighted by Gasteiger charge is 2.32. The molecule has 0 heterocycles. The molecule has 0 aliphatic rings. The Hall–Kier alpha value is -5.54. The summed E-state index contributed by atoms with van der Waals surface area (Å²) in [6.07, 6.45) is -0.745. The fourth-order valence-electron chi connectivity index (χ4n) is 4.06. The number of benzene rings is 2. The van der Waals surface area contributed by atoms with Crippen LogP contribution in [0.25, 0.3) is 0 Å². The number of carbonyl (C=O) groups excluding carboxylic acids is 5. The van der Waals surface area contributed by atoms with Gasteiger partial charge in [0.25, 0.3) is 5.69 Å². The van der Waals surface area contributed by atoms with Gasteiger partial charge in [-0.3, -0.25) is 38.9 Å². The summed E-state index contributed by atoms with van der Waals surface area (Å²) in [4.78, 5) is 85.3. The molecule has 2 aromatic rings. The first-order valence-corrected chi connectivity index (χ1v) is 13.8. The molecule has 0 aromatic heterocycles. The van der Waals surface area contributed by atoms with Crippen molar-refractivity contribution in [3.63, 3.8) is 0 Å². The minimum atomic E-state index is -1.57. The quantitative estimate of drug-likeness (QED) is 0.107. The number of nitro benzene ring substituents is 1. The predicted octanol–water partition coefficient (Wildman–Crippen LogP) is 0.591. The van der Waals surface area contributed by atoms with E-state index in [9.17, 15) is 49.1 Å². The minimum absolute atomic E-state index is 0.0216. The third-order valence-corrected chi connectivity index (χ3v) is 6.43. The van der Waals surface area contributed by atoms with Crippen molar-refractivity contribution in [2.45, 2.75) is 64.7 Å². The van der Waals surface area contributed by atoms with Crippen LogP contribution in [-0.2, 0) is 35.2 Å². The highest BCUT2D eigenvalue weighted by molar-refractivity contribution is 6.00. The van der Waals surface area contributed by atoms with Crippen LogP contribution in [0.4, 0.5) is 11.4 Å². The number of rotatable bonds is 15. The van der Waals surface area contributed by atoms with Crippen LogP contribution in [0.5, 0.6) is 5.75 Å². The number of nitro groups is 1. The molecule has 16 nitrogen and oxygen atoms in total. The Kier molecular flexibility index (Phi) is 13.0. The van der Waals surface area contributed by atoms with Crippen molar-refractivity contribution >= 4 is 46.9 Å². The summed E-state index contributed by atoms with van der Waals surface area (Å²) in [5.41, 5.74) is 0.521. The van der Waals surface area contributed by atoms with Crippen molar-refractivity contribution < 1.29 is 43.9 Å². The molecule has 0 spiro atoms. The molecule has 0 aliphatic carbocycles. The standard InChI is InChI=1S/C29H36N6O10/c1-15(2)25(34-28(42)22(31-17(4)36)13-18-5-11-21(37)12-6-18)29(43)30-16(3)26(40)33-23(14-24(38)39)27(41)32-19-7-9-20(10-8-19)35(44)45/h5-12,15-16,22-23,25,37H,13-14H2,1-4H3,(H,30,43)(H,31,36)(H,32,41)(H,33,40)(H,34,42)(H,38,39)/t16-,22-,23-,25+/m1/s1. The number of carboxylic acids is 1. The molecule has 4 atom stereocenters. The maximum atomic E-state index is 13.1. The first-order chi connectivity index (χ1) is 21.1. The number of hydrogen-bond donors (Lipinski definition) is 7. The number of nitrogens with zero attached hydrogens (tertiary/aromatic N) is 1. The van der Waals surface area contributed by atoms with Crippen molar-refractivity contribution in [1.29, 1.82) is 0 Å². The lowest BCUT2D eigenvalue weighted by Gasteiger charge is -2.27. The minimum Gasteiger partial charge on any atom is -0.508 e. The molecular formula is C29H36N6O10. The Morgan fingerprint density at radius 2 is 1.38 bits per heavy atom. The van der Waals surface area contributed by atoms with E-state index in [4.69, 9.17) is 0 Å². The van der Waals surface area contributed by atoms with E-state index in [0.717, 1.165) is 12.1 Å². The number of phenolic OH excluding ortho intramolecular Hbond substituents is 1. The predicted molar refractivity (Wildman–Crippen MR) is 160 cm³/mol. The maximum Gasteiger partial charge on any atom is 0.305 e. The number of nitrogens with one attached hydrogen (secondary N) is 5. The van der Waals surface area contributed by atoms with Gasteiger partial charge in [-0.1, -0.05) is 26.0 Å². The normalized spacial score (nSPS) is 13.4. The van der Waals surface area contributed by atoms with Crippen LogP contribution in [0.3, 0.4) is 0 Å². The Balaban J connectivity index is 2.09. The maximum absolute atomic E-state index is 13.1. The summed E-state index contributed by atoms with van der Waals surface area (Å²) in [5.74, 6) is -5.57. The van der Waals surface area contributed by atoms with Crippen molar-refractivity contribution in [3.8, 4) is 5.75 Å². The van der Waals surface area contributed by atoms with E-state index in [2.05, 4.69) is 26.6 Å². The fraction of sp³-hybridized carbons (Fsp3) is 0.379. The van der Waals surface area contributed by atoms with E-state index < -0.39 is 76.9 Å². The lowest BCUT2D eigenvalue weighted by Crippen LogP contribution is -2.58. The fourth-order valence-corrected chi connectivity index (χ4v) is 4.06. The zero-order valence-electron chi connectivity index (χ0n) is 25.0. The second-order valence-electron chi connectivity index (χ2n) is 10.5. The molecule has 0 bridgehead atoms. The number of aromatic hydroxyl groups is 1. The van der Waals surface area contributed by atoms with Gasteiger partial charge in [0.05, 0.1) is 11.3 Å². The van der Waals surface area contributed by atoms with Gasteiger partial charge in [-0.2, -0.15) is 0 Å². The molecule has 45 heavy (non-hydrogen) atoms. The third-order valence-electron chi connectivity index (χ3n) is 6.43. The molecule has 0 fully saturated rings. The molecule has 5 amide bonds. The Morgan fingerprint density at radius 3 is 1.89 bits per heavy atom. The second kappa shape index (κ2) is 16.3. The monoisotopic (exact) mass is 628 g/mol. The number of hydrogen-bond acceptors (Lipinski definition) is 9. The van der Waals surface area contributed by atoms with Crippen LogP contribution in [-0.4, -0.2) is 74.8 Å². The summed E-state index contributed by atoms with van der Waals surface area (Å²) >= 11 is 0. The SMILES string of the molecule is CC(=O)N[C@H](Cc1ccc(O)cc1)C(=O)N[C@H](C(=O)N[C@H](C)C(=O)N[C@H](CC(=O)O)C(=O)Nc1ccc([N+](=O)[O-])cc1)C(C)C. The number of amides is 5. The molecule has 0 saturated carbocycles. The van der Waals surface area contributed by atoms with Crippen LogP contribution < -0.4 is 26.6 Å². The molecule has 2 aromatic carbocycles. The van der Waals surface area contributed by atoms with Gasteiger partial charge in [0, 0.05) is 31.2 Å². The first kappa shape index (κ1) is 35.7. The largest absolute Gasteiger partial charge is 0.508 e. The molecule has 7 N–H and O–H groups in total. The average molecular weight is 629 g/mol. The van der Waals surface area contributed by atoms with Gasteiger partial charge in [-0.25, -0.2) is 0 Å². The van der Waals surface area contributed by atoms with Crippen LogP contribution in [0.15, 0.2) is 48.5 Å². The second-order valence-corrected chi connectivity index (χ2v) is 10.5. The molecular weight excluding hydrogens is 592 g/mol. The molecule has 0 saturated heterocycles. The van der Waals surface area contributed by atoms with E-state index in [1.165, 1.54) is 38.1 Å². The molecule has 0 radical (unpaired) electrons. The average Bonchev–Trinajstić information content (AvgIpc) is 2.95. The summed E-state index contributed by atoms with van der Waals surface area (Å²) < 4.78 is 0. The van der Waals surface area contributed by atoms with Gasteiger partial charge < -0.3 is 36.8 Å². The van der Waals surface area contributed by atoms with E-state index in [1.807, 2.05) is 0 Å². The molecule has 2 rings (SSSR count). The Bertz CT molecular complexity index is 1410. The van der Waals surface area contributed by atoms with Crippen molar-refractivity contribution in [3.05, 3.63) is 64.2 Å². The number of phenols is 1. The third kappa shape index (κ3) is 11.6. The van der Waals surface area contributed by atoms with Gasteiger partial charge >= 0.3 is 5.97 Å². The lowest BCUT2D eigenvalue weighted by molar-refractivity contribution is -0.384. The van der Waals surface area contributed by atoms with Crippen molar-refractivity contribution in [2.75, 3.05) is 5.32 Å². The van der Waals surface area contributed by atoms with Gasteiger partial charge in [0.15, 0.2) is 0 Å². The lowest BCUT2D eigenvalue weighted by atomic mass is 10.0. The van der Waals surface area contributed by atoms with Crippen molar-refractivity contribution in [2.24, 2.45) is 5.92 Å². The molecule has 0 unspecified atom stereocenters. The number of anilines is 1. The van der Waals surface area contributed by atoms with Crippen molar-refractivity contribution in [1.82, 2.24) is 21.3 Å². The number of aliphatic carboxylic acids is 1. The van der Waals surface area contributed by atoms with Crippen LogP contribution >= 0.6 is 0 Å². The van der Waals surface area contributed by atoms with Gasteiger partial charge in [0.2, 0.25) is 29.5 Å². The zero-order valence-corrected chi connectivity index (χ0v) is 25.0. The highest BCUT2D eigenvalue weighted by Crippen LogP contribution is 2.16. The summed E-state index contributed by atoms with van der Waals surface area (Å²) in [7, 11) is 0. The van der Waals surface area contributed by atoms with Gasteiger partial charge in [0.1, 0.15) is 29.9 Å². The number of non-ortho nitro benzene ring substituents is 1. The molecule has 0 aliphatic heterocycles. The first-order valence-electron chi connectivity index (χ1n) is 13.8. The summed E-state index contributed by atoms with van der Waals surface area (Å²) in [6.45, 7) is 5.82. The Labute approximate surface area is 258 Å². The zero-order chi connectivity index (χ0) is 33.8. The number of carbonyl (C=O) groups is 6. The Morgan fingerprint density at radius 1 is 0.778 bits per heavy atom. The number of carboxylic acid groups (broad SMARTS) is 1. The highest BCUT2D eigenvalue weighted by atomic mass is 16.6. The molecule has 16 heteroatoms. The topological polar surface area (TPSA) is 246 Å². The van der Waals surface area contributed by atoms with Crippen LogP contribution in [0, 0.1) is 16.0 Å². The smallest absolute Gasteiger partial charge is 0.305 e. The van der Waals surface area contributed by atoms with Gasteiger partial charge in [-0.15, -0.1) is 0 Å². The van der Waals surface area contributed by atoms with E-state index in [1.54, 1.807) is 26.0 Å². The van der Waals surface area contributed by atoms with Crippen LogP contribution in [0.1, 0.15) is 39.7 Å². The van der Waals surface area contributed by atoms with E-state index in [-0.39, 0.29) is 23.5 Å². The van der Waals surface area contributed by atoms with Gasteiger partial charge in [-0.05, 0) is 42.7 Å². The summed E-state index contributed by atoms with van der Waals surface area (Å²) in [6, 6.07) is 5.69. The van der Waals surface area contributed by atoms with E-state index >= 15 is 0 Å². The van der Waals surface area contributed by atoms with Crippen LogP contribution in [0.2, 0.25) is 0 Å².